The number of aromatic nitrogens is 2. The topological polar surface area (TPSA) is 92.5 Å². The Bertz CT molecular complexity index is 1050. The molecule has 2 aromatic rings. The number of carbonyl (C=O) groups is 1. The van der Waals surface area contributed by atoms with Crippen molar-refractivity contribution in [2.24, 2.45) is 13.0 Å². The average molecular weight is 397 g/mol. The fraction of sp³-hybridized carbons (Fsp3) is 0.412. The summed E-state index contributed by atoms with van der Waals surface area (Å²) < 4.78 is 57.5. The third-order valence-electron chi connectivity index (χ3n) is 5.69. The van der Waals surface area contributed by atoms with Gasteiger partial charge in [0.1, 0.15) is 4.90 Å². The lowest BCUT2D eigenvalue weighted by molar-refractivity contribution is 0.0695. The van der Waals surface area contributed by atoms with Crippen molar-refractivity contribution >= 4 is 16.0 Å². The molecule has 0 radical (unpaired) electrons. The zero-order valence-corrected chi connectivity index (χ0v) is 15.2. The van der Waals surface area contributed by atoms with Crippen molar-refractivity contribution in [1.29, 1.82) is 0 Å². The van der Waals surface area contributed by atoms with Crippen LogP contribution in [-0.4, -0.2) is 40.1 Å². The van der Waals surface area contributed by atoms with Gasteiger partial charge in [0.05, 0.1) is 17.3 Å². The summed E-state index contributed by atoms with van der Waals surface area (Å²) in [5.74, 6) is -4.54. The van der Waals surface area contributed by atoms with E-state index in [1.165, 1.54) is 4.31 Å². The van der Waals surface area contributed by atoms with Crippen molar-refractivity contribution in [2.45, 2.75) is 29.7 Å². The Balaban J connectivity index is 1.86. The van der Waals surface area contributed by atoms with Crippen LogP contribution in [0.4, 0.5) is 8.78 Å². The second kappa shape index (κ2) is 5.83. The van der Waals surface area contributed by atoms with E-state index in [0.29, 0.717) is 30.5 Å². The molecule has 2 atom stereocenters. The van der Waals surface area contributed by atoms with Gasteiger partial charge in [-0.2, -0.15) is 9.40 Å². The molecule has 1 N–H and O–H groups in total. The van der Waals surface area contributed by atoms with Gasteiger partial charge in [-0.25, -0.2) is 22.0 Å². The number of benzene rings is 1. The van der Waals surface area contributed by atoms with E-state index in [1.54, 1.807) is 24.1 Å². The second-order valence-electron chi connectivity index (χ2n) is 7.00. The number of carboxylic acid groups (broad SMARTS) is 1. The molecule has 4 rings (SSSR count). The molecule has 2 heterocycles. The van der Waals surface area contributed by atoms with E-state index < -0.39 is 43.6 Å². The normalized spacial score (nSPS) is 25.2. The standard InChI is InChI=1S/C17H17F2N3O4S/c1-21-9-12(8-20-21)17-4-2-11(17)3-5-22(17)27(25,26)14-7-10(16(23)24)6-13(18)15(14)19/h6-9,11H,2-5H2,1H3,(H,23,24). The van der Waals surface area contributed by atoms with Gasteiger partial charge in [0.15, 0.2) is 11.6 Å². The highest BCUT2D eigenvalue weighted by Crippen LogP contribution is 2.58. The number of halogens is 2. The summed E-state index contributed by atoms with van der Waals surface area (Å²) in [4.78, 5) is 10.2. The fourth-order valence-electron chi connectivity index (χ4n) is 4.30. The molecule has 2 fully saturated rings. The molecule has 1 aromatic heterocycles. The second-order valence-corrected chi connectivity index (χ2v) is 8.83. The molecule has 2 aliphatic rings. The van der Waals surface area contributed by atoms with Crippen LogP contribution in [0.15, 0.2) is 29.4 Å². The summed E-state index contributed by atoms with van der Waals surface area (Å²) in [7, 11) is -2.74. The zero-order valence-electron chi connectivity index (χ0n) is 14.4. The van der Waals surface area contributed by atoms with E-state index in [4.69, 9.17) is 5.11 Å². The van der Waals surface area contributed by atoms with Crippen molar-refractivity contribution < 1.29 is 27.1 Å². The Hall–Kier alpha value is -2.33. The van der Waals surface area contributed by atoms with Crippen LogP contribution in [0, 0.1) is 17.6 Å². The lowest BCUT2D eigenvalue weighted by Crippen LogP contribution is -2.53. The van der Waals surface area contributed by atoms with Crippen LogP contribution in [0.5, 0.6) is 0 Å². The number of hydrogen-bond acceptors (Lipinski definition) is 4. The monoisotopic (exact) mass is 397 g/mol. The minimum atomic E-state index is -4.46. The van der Waals surface area contributed by atoms with Crippen LogP contribution in [-0.2, 0) is 22.6 Å². The first-order chi connectivity index (χ1) is 12.7. The molecule has 0 spiro atoms. The van der Waals surface area contributed by atoms with Gasteiger partial charge in [0.2, 0.25) is 10.0 Å². The van der Waals surface area contributed by atoms with Gasteiger partial charge in [-0.1, -0.05) is 0 Å². The molecule has 7 nitrogen and oxygen atoms in total. The molecular weight excluding hydrogens is 380 g/mol. The number of sulfonamides is 1. The highest BCUT2D eigenvalue weighted by Gasteiger charge is 2.60. The first-order valence-corrected chi connectivity index (χ1v) is 9.86. The van der Waals surface area contributed by atoms with E-state index in [9.17, 15) is 22.0 Å². The van der Waals surface area contributed by atoms with Gasteiger partial charge in [-0.3, -0.25) is 4.68 Å². The van der Waals surface area contributed by atoms with Crippen molar-refractivity contribution in [3.63, 3.8) is 0 Å². The summed E-state index contributed by atoms with van der Waals surface area (Å²) in [5, 5.41) is 13.2. The van der Waals surface area contributed by atoms with Crippen molar-refractivity contribution in [3.8, 4) is 0 Å². The van der Waals surface area contributed by atoms with Crippen molar-refractivity contribution in [1.82, 2.24) is 14.1 Å². The first kappa shape index (κ1) is 18.1. The van der Waals surface area contributed by atoms with Gasteiger partial charge in [-0.15, -0.1) is 0 Å². The van der Waals surface area contributed by atoms with E-state index in [1.807, 2.05) is 0 Å². The number of rotatable bonds is 4. The Kier molecular flexibility index (Phi) is 3.90. The van der Waals surface area contributed by atoms with E-state index in [-0.39, 0.29) is 12.5 Å². The van der Waals surface area contributed by atoms with Gasteiger partial charge in [0.25, 0.3) is 0 Å². The zero-order chi connectivity index (χ0) is 19.6. The highest BCUT2D eigenvalue weighted by molar-refractivity contribution is 7.89. The minimum Gasteiger partial charge on any atom is -0.478 e. The number of hydrogen-bond donors (Lipinski definition) is 1. The van der Waals surface area contributed by atoms with Gasteiger partial charge in [-0.05, 0) is 37.3 Å². The van der Waals surface area contributed by atoms with Gasteiger partial charge >= 0.3 is 5.97 Å². The molecule has 0 amide bonds. The largest absolute Gasteiger partial charge is 0.478 e. The highest BCUT2D eigenvalue weighted by atomic mass is 32.2. The lowest BCUT2D eigenvalue weighted by Gasteiger charge is -2.48. The molecule has 1 aromatic carbocycles. The van der Waals surface area contributed by atoms with Crippen LogP contribution >= 0.6 is 0 Å². The molecule has 1 saturated carbocycles. The Labute approximate surface area is 154 Å². The maximum atomic E-state index is 14.4. The van der Waals surface area contributed by atoms with Crippen LogP contribution in [0.1, 0.15) is 35.2 Å². The van der Waals surface area contributed by atoms with E-state index in [2.05, 4.69) is 5.10 Å². The summed E-state index contributed by atoms with van der Waals surface area (Å²) >= 11 is 0. The third kappa shape index (κ3) is 2.43. The SMILES string of the molecule is Cn1cc(C23CCC2CCN3S(=O)(=O)c2cc(C(=O)O)cc(F)c2F)cn1. The van der Waals surface area contributed by atoms with Gasteiger partial charge in [0, 0.05) is 25.4 Å². The number of carboxylic acids is 1. The molecule has 144 valence electrons. The van der Waals surface area contributed by atoms with Crippen molar-refractivity contribution in [2.75, 3.05) is 6.54 Å². The van der Waals surface area contributed by atoms with Gasteiger partial charge < -0.3 is 5.11 Å². The molecule has 1 aliphatic heterocycles. The third-order valence-corrected chi connectivity index (χ3v) is 7.63. The van der Waals surface area contributed by atoms with Crippen molar-refractivity contribution in [3.05, 3.63) is 47.3 Å². The lowest BCUT2D eigenvalue weighted by atomic mass is 9.65. The number of aromatic carboxylic acids is 1. The molecule has 1 saturated heterocycles. The van der Waals surface area contributed by atoms with Crippen LogP contribution in [0.3, 0.4) is 0 Å². The summed E-state index contributed by atoms with van der Waals surface area (Å²) in [6.07, 6.45) is 5.28. The fourth-order valence-corrected chi connectivity index (χ4v) is 6.26. The number of aryl methyl sites for hydroxylation is 1. The molecule has 10 heteroatoms. The van der Waals surface area contributed by atoms with Crippen LogP contribution in [0.25, 0.3) is 0 Å². The van der Waals surface area contributed by atoms with Crippen LogP contribution in [0.2, 0.25) is 0 Å². The quantitative estimate of drug-likeness (QED) is 0.853. The Morgan fingerprint density at radius 2 is 2.07 bits per heavy atom. The number of nitrogens with zero attached hydrogens (tertiary/aromatic N) is 3. The minimum absolute atomic E-state index is 0.0621. The Morgan fingerprint density at radius 3 is 2.63 bits per heavy atom. The van der Waals surface area contributed by atoms with E-state index >= 15 is 0 Å². The smallest absolute Gasteiger partial charge is 0.335 e. The molecule has 27 heavy (non-hydrogen) atoms. The molecular formula is C17H17F2N3O4S. The van der Waals surface area contributed by atoms with Crippen LogP contribution < -0.4 is 0 Å². The Morgan fingerprint density at radius 1 is 1.33 bits per heavy atom. The molecule has 1 aliphatic carbocycles. The first-order valence-electron chi connectivity index (χ1n) is 8.42. The maximum Gasteiger partial charge on any atom is 0.335 e. The van der Waals surface area contributed by atoms with E-state index in [0.717, 1.165) is 6.42 Å². The summed E-state index contributed by atoms with van der Waals surface area (Å²) in [6.45, 7) is 0.153. The molecule has 0 bridgehead atoms. The number of fused-ring (bicyclic) bond motifs is 1. The predicted octanol–water partition coefficient (Wildman–Crippen LogP) is 2.10. The summed E-state index contributed by atoms with van der Waals surface area (Å²) in [5.41, 5.74) is -0.764. The average Bonchev–Trinajstić information content (AvgIpc) is 3.11. The summed E-state index contributed by atoms with van der Waals surface area (Å²) in [6, 6.07) is 1.16. The molecule has 2 unspecified atom stereocenters. The predicted molar refractivity (Wildman–Crippen MR) is 89.4 cm³/mol. The maximum absolute atomic E-state index is 14.4.